The van der Waals surface area contributed by atoms with Crippen LogP contribution in [0.3, 0.4) is 0 Å². The van der Waals surface area contributed by atoms with Crippen molar-refractivity contribution < 1.29 is 9.53 Å². The van der Waals surface area contributed by atoms with E-state index < -0.39 is 3.23 Å². The molecule has 1 heterocycles. The van der Waals surface area contributed by atoms with Gasteiger partial charge in [0.1, 0.15) is 5.75 Å². The molecule has 62 valence electrons. The van der Waals surface area contributed by atoms with Crippen molar-refractivity contribution in [2.24, 2.45) is 0 Å². The zero-order valence-corrected chi connectivity index (χ0v) is 9.05. The largest absolute Gasteiger partial charge is 0.424 e. The first-order valence-corrected chi connectivity index (χ1v) is 4.90. The average molecular weight is 292 g/mol. The van der Waals surface area contributed by atoms with Gasteiger partial charge in [-0.1, -0.05) is 50.1 Å². The summed E-state index contributed by atoms with van der Waals surface area (Å²) < 4.78 is 4.14. The molecule has 0 fully saturated rings. The van der Waals surface area contributed by atoms with Crippen LogP contribution in [0.2, 0.25) is 0 Å². The lowest BCUT2D eigenvalue weighted by molar-refractivity contribution is -0.132. The molecule has 0 aromatic heterocycles. The molecule has 0 radical (unpaired) electrons. The summed E-state index contributed by atoms with van der Waals surface area (Å²) in [6.07, 6.45) is 0. The number of hydrogen-bond donors (Lipinski definition) is 0. The Labute approximate surface area is 86.2 Å². The number of benzene rings is 1. The Hall–Kier alpha value is -0.350. The molecule has 0 saturated heterocycles. The molecule has 1 aromatic rings. The van der Waals surface area contributed by atoms with Crippen molar-refractivity contribution >= 4 is 37.8 Å². The first kappa shape index (κ1) is 8.26. The Kier molecular flexibility index (Phi) is 1.77. The summed E-state index contributed by atoms with van der Waals surface area (Å²) in [5, 5.41) is 0. The SMILES string of the molecule is O=C1Oc2ccccc2C1(Br)Br. The van der Waals surface area contributed by atoms with E-state index in [9.17, 15) is 4.79 Å². The van der Waals surface area contributed by atoms with Crippen molar-refractivity contribution in [3.8, 4) is 5.75 Å². The van der Waals surface area contributed by atoms with E-state index in [4.69, 9.17) is 4.74 Å². The lowest BCUT2D eigenvalue weighted by Crippen LogP contribution is -2.18. The zero-order valence-electron chi connectivity index (χ0n) is 5.88. The number of ether oxygens (including phenoxy) is 1. The van der Waals surface area contributed by atoms with Crippen molar-refractivity contribution in [1.82, 2.24) is 0 Å². The highest BCUT2D eigenvalue weighted by molar-refractivity contribution is 9.25. The summed E-state index contributed by atoms with van der Waals surface area (Å²) in [6, 6.07) is 7.28. The number of para-hydroxylation sites is 1. The minimum absolute atomic E-state index is 0.330. The minimum atomic E-state index is -0.851. The van der Waals surface area contributed by atoms with Gasteiger partial charge in [-0.3, -0.25) is 0 Å². The number of carbonyl (C=O) groups is 1. The molecular formula is C8H4Br2O2. The summed E-state index contributed by atoms with van der Waals surface area (Å²) in [7, 11) is 0. The molecule has 12 heavy (non-hydrogen) atoms. The highest BCUT2D eigenvalue weighted by Gasteiger charge is 2.44. The van der Waals surface area contributed by atoms with E-state index in [1.54, 1.807) is 6.07 Å². The molecule has 0 N–H and O–H groups in total. The number of fused-ring (bicyclic) bond motifs is 1. The van der Waals surface area contributed by atoms with Gasteiger partial charge in [-0.2, -0.15) is 0 Å². The van der Waals surface area contributed by atoms with Crippen molar-refractivity contribution in [2.75, 3.05) is 0 Å². The molecule has 0 amide bonds. The summed E-state index contributed by atoms with van der Waals surface area (Å²) in [4.78, 5) is 11.2. The topological polar surface area (TPSA) is 26.3 Å². The summed E-state index contributed by atoms with van der Waals surface area (Å²) in [6.45, 7) is 0. The Bertz CT molecular complexity index is 347. The molecule has 2 nitrogen and oxygen atoms in total. The molecule has 0 spiro atoms. The number of carbonyl (C=O) groups excluding carboxylic acids is 1. The average Bonchev–Trinajstić information content (AvgIpc) is 2.25. The van der Waals surface area contributed by atoms with Crippen LogP contribution in [0.4, 0.5) is 0 Å². The Morgan fingerprint density at radius 1 is 1.25 bits per heavy atom. The minimum Gasteiger partial charge on any atom is -0.424 e. The number of halogens is 2. The van der Waals surface area contributed by atoms with Crippen molar-refractivity contribution in [3.63, 3.8) is 0 Å². The van der Waals surface area contributed by atoms with Crippen LogP contribution in [0.15, 0.2) is 24.3 Å². The van der Waals surface area contributed by atoms with Crippen LogP contribution in [0.1, 0.15) is 5.56 Å². The standard InChI is InChI=1S/C8H4Br2O2/c9-8(10)5-3-1-2-4-6(5)12-7(8)11/h1-4H. The summed E-state index contributed by atoms with van der Waals surface area (Å²) in [5.41, 5.74) is 0.815. The molecule has 0 aliphatic carbocycles. The van der Waals surface area contributed by atoms with Crippen LogP contribution in [0.5, 0.6) is 5.75 Å². The highest BCUT2D eigenvalue weighted by Crippen LogP contribution is 2.48. The van der Waals surface area contributed by atoms with Gasteiger partial charge in [-0.05, 0) is 6.07 Å². The molecule has 0 saturated carbocycles. The molecule has 0 unspecified atom stereocenters. The van der Waals surface area contributed by atoms with E-state index in [2.05, 4.69) is 31.9 Å². The van der Waals surface area contributed by atoms with Gasteiger partial charge in [-0.25, -0.2) is 4.79 Å². The van der Waals surface area contributed by atoms with Gasteiger partial charge in [0.25, 0.3) is 0 Å². The molecule has 0 atom stereocenters. The van der Waals surface area contributed by atoms with Crippen LogP contribution < -0.4 is 4.74 Å². The quantitative estimate of drug-likeness (QED) is 0.417. The van der Waals surface area contributed by atoms with Crippen molar-refractivity contribution in [2.45, 2.75) is 3.23 Å². The maximum absolute atomic E-state index is 11.2. The van der Waals surface area contributed by atoms with Gasteiger partial charge < -0.3 is 4.74 Å². The van der Waals surface area contributed by atoms with Crippen molar-refractivity contribution in [1.29, 1.82) is 0 Å². The number of alkyl halides is 2. The van der Waals surface area contributed by atoms with E-state index in [1.807, 2.05) is 18.2 Å². The third kappa shape index (κ3) is 1.02. The Morgan fingerprint density at radius 3 is 2.58 bits per heavy atom. The van der Waals surface area contributed by atoms with Crippen LogP contribution in [-0.2, 0) is 8.03 Å². The van der Waals surface area contributed by atoms with Crippen molar-refractivity contribution in [3.05, 3.63) is 29.8 Å². The summed E-state index contributed by atoms with van der Waals surface area (Å²) in [5.74, 6) is 0.278. The normalized spacial score (nSPS) is 18.7. The third-order valence-corrected chi connectivity index (χ3v) is 3.19. The Morgan fingerprint density at radius 2 is 1.92 bits per heavy atom. The zero-order chi connectivity index (χ0) is 8.77. The van der Waals surface area contributed by atoms with Gasteiger partial charge in [0.15, 0.2) is 0 Å². The van der Waals surface area contributed by atoms with Crippen LogP contribution >= 0.6 is 31.9 Å². The number of hydrogen-bond acceptors (Lipinski definition) is 2. The van der Waals surface area contributed by atoms with E-state index in [1.165, 1.54) is 0 Å². The van der Waals surface area contributed by atoms with Gasteiger partial charge in [0.2, 0.25) is 3.23 Å². The fourth-order valence-electron chi connectivity index (χ4n) is 1.09. The van der Waals surface area contributed by atoms with Crippen LogP contribution in [0, 0.1) is 0 Å². The second-order valence-corrected chi connectivity index (χ2v) is 5.90. The van der Waals surface area contributed by atoms with E-state index in [0.717, 1.165) is 5.56 Å². The lowest BCUT2D eigenvalue weighted by atomic mass is 10.2. The third-order valence-electron chi connectivity index (χ3n) is 1.68. The molecule has 2 rings (SSSR count). The molecule has 4 heteroatoms. The van der Waals surface area contributed by atoms with E-state index in [0.29, 0.717) is 5.75 Å². The molecule has 1 aliphatic heterocycles. The second kappa shape index (κ2) is 2.57. The molecule has 1 aromatic carbocycles. The van der Waals surface area contributed by atoms with Crippen LogP contribution in [-0.4, -0.2) is 5.97 Å². The predicted octanol–water partition coefficient (Wildman–Crippen LogP) is 2.55. The first-order valence-electron chi connectivity index (χ1n) is 3.32. The van der Waals surface area contributed by atoms with Gasteiger partial charge in [0.05, 0.1) is 0 Å². The maximum Gasteiger partial charge on any atom is 0.344 e. The summed E-state index contributed by atoms with van der Waals surface area (Å²) >= 11 is 6.50. The second-order valence-electron chi connectivity index (χ2n) is 2.46. The molecular weight excluding hydrogens is 288 g/mol. The first-order chi connectivity index (χ1) is 5.62. The monoisotopic (exact) mass is 290 g/mol. The fraction of sp³-hybridized carbons (Fsp3) is 0.125. The van der Waals surface area contributed by atoms with Gasteiger partial charge in [-0.15, -0.1) is 0 Å². The number of rotatable bonds is 0. The molecule has 1 aliphatic rings. The van der Waals surface area contributed by atoms with Crippen LogP contribution in [0.25, 0.3) is 0 Å². The van der Waals surface area contributed by atoms with E-state index in [-0.39, 0.29) is 5.97 Å². The van der Waals surface area contributed by atoms with E-state index >= 15 is 0 Å². The predicted molar refractivity (Wildman–Crippen MR) is 51.6 cm³/mol. The molecule has 0 bridgehead atoms. The number of esters is 1. The fourth-order valence-corrected chi connectivity index (χ4v) is 1.91. The smallest absolute Gasteiger partial charge is 0.344 e. The Balaban J connectivity index is 2.63. The lowest BCUT2D eigenvalue weighted by Gasteiger charge is -2.06. The maximum atomic E-state index is 11.2. The van der Waals surface area contributed by atoms with Gasteiger partial charge in [0, 0.05) is 5.56 Å². The van der Waals surface area contributed by atoms with Gasteiger partial charge >= 0.3 is 5.97 Å². The highest BCUT2D eigenvalue weighted by atomic mass is 79.9.